The third kappa shape index (κ3) is 4.83. The van der Waals surface area contributed by atoms with E-state index in [0.29, 0.717) is 41.1 Å². The quantitative estimate of drug-likeness (QED) is 0.604. The van der Waals surface area contributed by atoms with Gasteiger partial charge >= 0.3 is 0 Å². The summed E-state index contributed by atoms with van der Waals surface area (Å²) in [7, 11) is 1.65. The average Bonchev–Trinajstić information content (AvgIpc) is 3.39. The molecule has 4 rings (SSSR count). The van der Waals surface area contributed by atoms with Crippen molar-refractivity contribution >= 4 is 28.3 Å². The Labute approximate surface area is 190 Å². The zero-order valence-corrected chi connectivity index (χ0v) is 19.2. The summed E-state index contributed by atoms with van der Waals surface area (Å²) in [5, 5.41) is 3.10. The summed E-state index contributed by atoms with van der Waals surface area (Å²) in [6.07, 6.45) is 4.14. The minimum Gasteiger partial charge on any atom is -0.496 e. The van der Waals surface area contributed by atoms with Gasteiger partial charge in [-0.05, 0) is 25.8 Å². The first-order valence-corrected chi connectivity index (χ1v) is 11.4. The molecule has 1 atom stereocenters. The van der Waals surface area contributed by atoms with E-state index in [1.165, 1.54) is 18.3 Å². The smallest absolute Gasteiger partial charge is 0.265 e. The fraction of sp³-hybridized carbons (Fsp3) is 0.391. The number of benzene rings is 1. The molecule has 0 unspecified atom stereocenters. The van der Waals surface area contributed by atoms with E-state index in [4.69, 9.17) is 9.15 Å². The number of aryl methyl sites for hydroxylation is 1. The maximum absolute atomic E-state index is 13.1. The molecular formula is C23H26N4O4S. The highest BCUT2D eigenvalue weighted by molar-refractivity contribution is 7.17. The van der Waals surface area contributed by atoms with Crippen LogP contribution in [-0.4, -0.2) is 46.9 Å². The summed E-state index contributed by atoms with van der Waals surface area (Å²) in [5.74, 6) is 2.02. The predicted molar refractivity (Wildman–Crippen MR) is 121 cm³/mol. The molecule has 0 bridgehead atoms. The van der Waals surface area contributed by atoms with Crippen molar-refractivity contribution in [3.8, 4) is 5.75 Å². The van der Waals surface area contributed by atoms with Gasteiger partial charge in [-0.25, -0.2) is 9.97 Å². The number of nitrogens with one attached hydrogen (secondary N) is 1. The van der Waals surface area contributed by atoms with E-state index in [2.05, 4.69) is 15.3 Å². The van der Waals surface area contributed by atoms with Crippen LogP contribution in [0.15, 0.2) is 34.9 Å². The van der Waals surface area contributed by atoms with Crippen molar-refractivity contribution in [2.24, 2.45) is 0 Å². The van der Waals surface area contributed by atoms with Crippen molar-refractivity contribution in [2.45, 2.75) is 39.0 Å². The van der Waals surface area contributed by atoms with E-state index in [1.54, 1.807) is 20.2 Å². The van der Waals surface area contributed by atoms with Gasteiger partial charge in [-0.3, -0.25) is 9.59 Å². The number of piperidine rings is 1. The van der Waals surface area contributed by atoms with E-state index in [1.807, 2.05) is 29.2 Å². The van der Waals surface area contributed by atoms with Crippen LogP contribution >= 0.6 is 11.3 Å². The zero-order chi connectivity index (χ0) is 22.7. The van der Waals surface area contributed by atoms with Gasteiger partial charge in [0.2, 0.25) is 5.91 Å². The van der Waals surface area contributed by atoms with Crippen molar-refractivity contribution in [2.75, 3.05) is 25.5 Å². The molecule has 0 radical (unpaired) electrons. The van der Waals surface area contributed by atoms with Gasteiger partial charge in [0.25, 0.3) is 5.91 Å². The molecule has 3 aromatic rings. The molecule has 1 aliphatic rings. The number of thiazole rings is 1. The first-order chi connectivity index (χ1) is 15.4. The van der Waals surface area contributed by atoms with Crippen molar-refractivity contribution in [1.82, 2.24) is 14.9 Å². The fourth-order valence-electron chi connectivity index (χ4n) is 3.94. The number of carbonyl (C=O) groups excluding carboxylic acids is 2. The normalized spacial score (nSPS) is 16.1. The van der Waals surface area contributed by atoms with Crippen molar-refractivity contribution in [3.63, 3.8) is 0 Å². The van der Waals surface area contributed by atoms with Crippen molar-refractivity contribution in [1.29, 1.82) is 0 Å². The molecule has 1 fully saturated rings. The second-order valence-electron chi connectivity index (χ2n) is 7.86. The number of hydrogen-bond donors (Lipinski definition) is 1. The Balaban J connectivity index is 1.45. The van der Waals surface area contributed by atoms with Crippen LogP contribution in [-0.2, 0) is 11.2 Å². The molecule has 3 heterocycles. The van der Waals surface area contributed by atoms with Gasteiger partial charge < -0.3 is 19.4 Å². The van der Waals surface area contributed by atoms with Crippen LogP contribution < -0.4 is 10.1 Å². The van der Waals surface area contributed by atoms with E-state index in [0.717, 1.165) is 29.9 Å². The van der Waals surface area contributed by atoms with Crippen LogP contribution in [0.3, 0.4) is 0 Å². The zero-order valence-electron chi connectivity index (χ0n) is 18.4. The Hall–Kier alpha value is -3.20. The monoisotopic (exact) mass is 454 g/mol. The molecular weight excluding hydrogens is 428 g/mol. The number of para-hydroxylation sites is 1. The third-order valence-electron chi connectivity index (χ3n) is 5.46. The second-order valence-corrected chi connectivity index (χ2v) is 8.86. The minimum atomic E-state index is -0.205. The third-order valence-corrected chi connectivity index (χ3v) is 6.52. The number of anilines is 1. The van der Waals surface area contributed by atoms with Crippen LogP contribution in [0, 0.1) is 6.92 Å². The number of aromatic nitrogens is 2. The Morgan fingerprint density at radius 2 is 2.16 bits per heavy atom. The molecule has 1 aliphatic heterocycles. The Morgan fingerprint density at radius 1 is 1.34 bits per heavy atom. The van der Waals surface area contributed by atoms with E-state index >= 15 is 0 Å². The molecule has 9 heteroatoms. The maximum atomic E-state index is 13.1. The summed E-state index contributed by atoms with van der Waals surface area (Å²) in [4.78, 5) is 35.6. The van der Waals surface area contributed by atoms with Gasteiger partial charge in [0.05, 0.1) is 24.9 Å². The van der Waals surface area contributed by atoms with Gasteiger partial charge in [0, 0.05) is 32.0 Å². The Bertz CT molecular complexity index is 1120. The van der Waals surface area contributed by atoms with Gasteiger partial charge in [-0.2, -0.15) is 0 Å². The van der Waals surface area contributed by atoms with E-state index < -0.39 is 0 Å². The maximum Gasteiger partial charge on any atom is 0.265 e. The number of carbonyl (C=O) groups is 2. The number of methoxy groups -OCH3 is 1. The lowest BCUT2D eigenvalue weighted by Gasteiger charge is -2.31. The van der Waals surface area contributed by atoms with Gasteiger partial charge in [0.1, 0.15) is 16.4 Å². The average molecular weight is 455 g/mol. The molecule has 1 aromatic carbocycles. The Kier molecular flexibility index (Phi) is 6.55. The molecule has 0 spiro atoms. The highest BCUT2D eigenvalue weighted by Gasteiger charge is 2.30. The number of oxazole rings is 1. The lowest BCUT2D eigenvalue weighted by Crippen LogP contribution is -2.39. The topological polar surface area (TPSA) is 97.6 Å². The van der Waals surface area contributed by atoms with Crippen LogP contribution in [0.1, 0.15) is 58.3 Å². The molecule has 8 nitrogen and oxygen atoms in total. The standard InChI is InChI=1S/C23H26N4O4S/c1-14-20(32-23(25-14)26-15(2)28)22(29)27-10-6-8-17(13-27)21-24-12-18(31-21)11-16-7-4-5-9-19(16)30-3/h4-5,7,9,12,17H,6,8,10-11,13H2,1-3H3,(H,25,26,28)/t17-/m1/s1. The lowest BCUT2D eigenvalue weighted by atomic mass is 9.98. The van der Waals surface area contributed by atoms with E-state index in [-0.39, 0.29) is 17.7 Å². The number of likely N-dealkylation sites (tertiary alicyclic amines) is 1. The Morgan fingerprint density at radius 3 is 2.94 bits per heavy atom. The van der Waals surface area contributed by atoms with Gasteiger partial charge in [-0.15, -0.1) is 0 Å². The first kappa shape index (κ1) is 22.0. The first-order valence-electron chi connectivity index (χ1n) is 10.6. The second kappa shape index (κ2) is 9.52. The van der Waals surface area contributed by atoms with E-state index in [9.17, 15) is 9.59 Å². The molecule has 32 heavy (non-hydrogen) atoms. The summed E-state index contributed by atoms with van der Waals surface area (Å²) < 4.78 is 11.5. The number of amides is 2. The number of rotatable bonds is 6. The van der Waals surface area contributed by atoms with Crippen LogP contribution in [0.4, 0.5) is 5.13 Å². The van der Waals surface area contributed by atoms with Crippen LogP contribution in [0.25, 0.3) is 0 Å². The fourth-order valence-corrected chi connectivity index (χ4v) is 4.92. The minimum absolute atomic E-state index is 0.0437. The van der Waals surface area contributed by atoms with Crippen molar-refractivity contribution < 1.29 is 18.7 Å². The number of ether oxygens (including phenoxy) is 1. The number of hydrogen-bond acceptors (Lipinski definition) is 7. The van der Waals surface area contributed by atoms with Crippen LogP contribution in [0.5, 0.6) is 5.75 Å². The van der Waals surface area contributed by atoms with Gasteiger partial charge in [0.15, 0.2) is 11.0 Å². The highest BCUT2D eigenvalue weighted by atomic mass is 32.1. The summed E-state index contributed by atoms with van der Waals surface area (Å²) >= 11 is 1.21. The molecule has 1 N–H and O–H groups in total. The molecule has 2 aromatic heterocycles. The highest BCUT2D eigenvalue weighted by Crippen LogP contribution is 2.31. The molecule has 0 aliphatic carbocycles. The lowest BCUT2D eigenvalue weighted by molar-refractivity contribution is -0.114. The molecule has 2 amide bonds. The SMILES string of the molecule is COc1ccccc1Cc1cnc([C@@H]2CCCN(C(=O)c3sc(NC(C)=O)nc3C)C2)o1. The molecule has 0 saturated carbocycles. The summed E-state index contributed by atoms with van der Waals surface area (Å²) in [6.45, 7) is 4.43. The summed E-state index contributed by atoms with van der Waals surface area (Å²) in [5.41, 5.74) is 1.66. The van der Waals surface area contributed by atoms with Crippen molar-refractivity contribution in [3.05, 3.63) is 58.2 Å². The largest absolute Gasteiger partial charge is 0.496 e. The van der Waals surface area contributed by atoms with Crippen LogP contribution in [0.2, 0.25) is 0 Å². The molecule has 168 valence electrons. The molecule has 1 saturated heterocycles. The van der Waals surface area contributed by atoms with Gasteiger partial charge in [-0.1, -0.05) is 29.5 Å². The number of nitrogens with zero attached hydrogens (tertiary/aromatic N) is 3. The summed E-state index contributed by atoms with van der Waals surface area (Å²) in [6, 6.07) is 7.84. The predicted octanol–water partition coefficient (Wildman–Crippen LogP) is 4.02.